The van der Waals surface area contributed by atoms with E-state index in [1.807, 2.05) is 31.2 Å². The first-order chi connectivity index (χ1) is 8.15. The van der Waals surface area contributed by atoms with Gasteiger partial charge in [0.2, 0.25) is 5.91 Å². The van der Waals surface area contributed by atoms with Crippen LogP contribution in [-0.4, -0.2) is 12.5 Å². The van der Waals surface area contributed by atoms with Crippen LogP contribution in [0.4, 0.5) is 0 Å². The fourth-order valence-corrected chi connectivity index (χ4v) is 1.79. The molecule has 0 unspecified atom stereocenters. The standard InChI is InChI=1S/C14H22N2O/c1-3-4-9-16-14(17)10-13(15)12-8-6-5-7-11(12)2/h5-8,13H,3-4,9-10,15H2,1-2H3,(H,16,17)/t13-/m0/s1. The van der Waals surface area contributed by atoms with Crippen molar-refractivity contribution in [2.24, 2.45) is 5.73 Å². The van der Waals surface area contributed by atoms with Crippen molar-refractivity contribution in [1.82, 2.24) is 5.32 Å². The van der Waals surface area contributed by atoms with Crippen molar-refractivity contribution >= 4 is 5.91 Å². The second kappa shape index (κ2) is 7.07. The van der Waals surface area contributed by atoms with Gasteiger partial charge in [-0.3, -0.25) is 4.79 Å². The summed E-state index contributed by atoms with van der Waals surface area (Å²) in [7, 11) is 0. The maximum atomic E-state index is 11.6. The Hall–Kier alpha value is -1.35. The summed E-state index contributed by atoms with van der Waals surface area (Å²) in [5, 5.41) is 2.88. The molecule has 0 aliphatic rings. The van der Waals surface area contributed by atoms with Crippen molar-refractivity contribution in [2.75, 3.05) is 6.54 Å². The van der Waals surface area contributed by atoms with Crippen LogP contribution in [0.5, 0.6) is 0 Å². The van der Waals surface area contributed by atoms with Crippen LogP contribution in [0.2, 0.25) is 0 Å². The lowest BCUT2D eigenvalue weighted by Crippen LogP contribution is -2.28. The minimum absolute atomic E-state index is 0.0363. The molecule has 3 heteroatoms. The Bertz CT molecular complexity index is 363. The van der Waals surface area contributed by atoms with Crippen LogP contribution < -0.4 is 11.1 Å². The van der Waals surface area contributed by atoms with Gasteiger partial charge in [0.25, 0.3) is 0 Å². The number of unbranched alkanes of at least 4 members (excludes halogenated alkanes) is 1. The average molecular weight is 234 g/mol. The topological polar surface area (TPSA) is 55.1 Å². The van der Waals surface area contributed by atoms with Crippen LogP contribution in [0, 0.1) is 6.92 Å². The zero-order chi connectivity index (χ0) is 12.7. The van der Waals surface area contributed by atoms with Crippen molar-refractivity contribution < 1.29 is 4.79 Å². The van der Waals surface area contributed by atoms with Crippen molar-refractivity contribution in [3.05, 3.63) is 35.4 Å². The highest BCUT2D eigenvalue weighted by Gasteiger charge is 2.12. The summed E-state index contributed by atoms with van der Waals surface area (Å²) >= 11 is 0. The van der Waals surface area contributed by atoms with Crippen LogP contribution in [0.25, 0.3) is 0 Å². The minimum Gasteiger partial charge on any atom is -0.356 e. The van der Waals surface area contributed by atoms with Crippen LogP contribution in [-0.2, 0) is 4.79 Å². The largest absolute Gasteiger partial charge is 0.356 e. The molecule has 0 bridgehead atoms. The van der Waals surface area contributed by atoms with E-state index in [1.165, 1.54) is 0 Å². The lowest BCUT2D eigenvalue weighted by molar-refractivity contribution is -0.121. The molecule has 0 saturated carbocycles. The summed E-state index contributed by atoms with van der Waals surface area (Å²) in [4.78, 5) is 11.6. The smallest absolute Gasteiger partial charge is 0.221 e. The molecule has 0 saturated heterocycles. The molecule has 1 aromatic carbocycles. The third-order valence-electron chi connectivity index (χ3n) is 2.85. The highest BCUT2D eigenvalue weighted by Crippen LogP contribution is 2.17. The van der Waals surface area contributed by atoms with Gasteiger partial charge in [0, 0.05) is 19.0 Å². The highest BCUT2D eigenvalue weighted by atomic mass is 16.1. The number of hydrogen-bond donors (Lipinski definition) is 2. The fraction of sp³-hybridized carbons (Fsp3) is 0.500. The maximum absolute atomic E-state index is 11.6. The Kier molecular flexibility index (Phi) is 5.70. The Balaban J connectivity index is 2.46. The van der Waals surface area contributed by atoms with Gasteiger partial charge in [-0.2, -0.15) is 0 Å². The zero-order valence-corrected chi connectivity index (χ0v) is 10.7. The number of benzene rings is 1. The minimum atomic E-state index is -0.210. The van der Waals surface area contributed by atoms with Crippen LogP contribution in [0.15, 0.2) is 24.3 Å². The number of nitrogens with two attached hydrogens (primary N) is 1. The van der Waals surface area contributed by atoms with Crippen LogP contribution in [0.1, 0.15) is 43.4 Å². The molecule has 3 nitrogen and oxygen atoms in total. The third-order valence-corrected chi connectivity index (χ3v) is 2.85. The molecule has 0 spiro atoms. The lowest BCUT2D eigenvalue weighted by Gasteiger charge is -2.14. The fourth-order valence-electron chi connectivity index (χ4n) is 1.79. The van der Waals surface area contributed by atoms with Gasteiger partial charge in [-0.25, -0.2) is 0 Å². The monoisotopic (exact) mass is 234 g/mol. The molecule has 0 aromatic heterocycles. The van der Waals surface area contributed by atoms with Gasteiger partial charge in [0.05, 0.1) is 0 Å². The van der Waals surface area contributed by atoms with Gasteiger partial charge in [0.15, 0.2) is 0 Å². The van der Waals surface area contributed by atoms with Gasteiger partial charge >= 0.3 is 0 Å². The molecule has 0 radical (unpaired) electrons. The van der Waals surface area contributed by atoms with Crippen molar-refractivity contribution in [3.63, 3.8) is 0 Å². The van der Waals surface area contributed by atoms with Crippen LogP contribution >= 0.6 is 0 Å². The summed E-state index contributed by atoms with van der Waals surface area (Å²) in [5.74, 6) is 0.0363. The summed E-state index contributed by atoms with van der Waals surface area (Å²) in [6.07, 6.45) is 2.46. The predicted molar refractivity (Wildman–Crippen MR) is 70.6 cm³/mol. The van der Waals surface area contributed by atoms with E-state index in [4.69, 9.17) is 5.73 Å². The van der Waals surface area contributed by atoms with E-state index in [2.05, 4.69) is 12.2 Å². The molecule has 1 rings (SSSR count). The molecule has 0 aliphatic heterocycles. The second-order valence-corrected chi connectivity index (χ2v) is 4.37. The number of amides is 1. The molecular weight excluding hydrogens is 212 g/mol. The molecule has 1 aromatic rings. The van der Waals surface area contributed by atoms with Gasteiger partial charge in [0.1, 0.15) is 0 Å². The zero-order valence-electron chi connectivity index (χ0n) is 10.7. The van der Waals surface area contributed by atoms with E-state index in [9.17, 15) is 4.79 Å². The summed E-state index contributed by atoms with van der Waals surface area (Å²) in [6, 6.07) is 7.73. The third kappa shape index (κ3) is 4.57. The quantitative estimate of drug-likeness (QED) is 0.742. The summed E-state index contributed by atoms with van der Waals surface area (Å²) < 4.78 is 0. The Labute approximate surface area is 103 Å². The average Bonchev–Trinajstić information content (AvgIpc) is 2.29. The maximum Gasteiger partial charge on any atom is 0.221 e. The molecule has 0 heterocycles. The molecule has 0 fully saturated rings. The predicted octanol–water partition coefficient (Wildman–Crippen LogP) is 2.30. The highest BCUT2D eigenvalue weighted by molar-refractivity contribution is 5.76. The van der Waals surface area contributed by atoms with Crippen molar-refractivity contribution in [2.45, 2.75) is 39.2 Å². The van der Waals surface area contributed by atoms with E-state index in [-0.39, 0.29) is 11.9 Å². The van der Waals surface area contributed by atoms with E-state index in [1.54, 1.807) is 0 Å². The Morgan fingerprint density at radius 3 is 2.76 bits per heavy atom. The number of aryl methyl sites for hydroxylation is 1. The van der Waals surface area contributed by atoms with E-state index < -0.39 is 0 Å². The number of hydrogen-bond acceptors (Lipinski definition) is 2. The van der Waals surface area contributed by atoms with Crippen LogP contribution in [0.3, 0.4) is 0 Å². The summed E-state index contributed by atoms with van der Waals surface area (Å²) in [6.45, 7) is 4.87. The van der Waals surface area contributed by atoms with Gasteiger partial charge < -0.3 is 11.1 Å². The molecular formula is C14H22N2O. The first kappa shape index (κ1) is 13.7. The van der Waals surface area contributed by atoms with Gasteiger partial charge in [-0.1, -0.05) is 37.6 Å². The number of carbonyl (C=O) groups excluding carboxylic acids is 1. The van der Waals surface area contributed by atoms with Gasteiger partial charge in [-0.15, -0.1) is 0 Å². The molecule has 0 aliphatic carbocycles. The first-order valence-corrected chi connectivity index (χ1v) is 6.23. The lowest BCUT2D eigenvalue weighted by atomic mass is 9.99. The molecule has 3 N–H and O–H groups in total. The number of rotatable bonds is 6. The van der Waals surface area contributed by atoms with Crippen molar-refractivity contribution in [3.8, 4) is 0 Å². The van der Waals surface area contributed by atoms with Gasteiger partial charge in [-0.05, 0) is 24.5 Å². The van der Waals surface area contributed by atoms with Crippen molar-refractivity contribution in [1.29, 1.82) is 0 Å². The Morgan fingerprint density at radius 2 is 2.12 bits per heavy atom. The normalized spacial score (nSPS) is 12.2. The molecule has 17 heavy (non-hydrogen) atoms. The SMILES string of the molecule is CCCCNC(=O)C[C@H](N)c1ccccc1C. The molecule has 1 amide bonds. The Morgan fingerprint density at radius 1 is 1.41 bits per heavy atom. The summed E-state index contributed by atoms with van der Waals surface area (Å²) in [5.41, 5.74) is 8.23. The van der Waals surface area contributed by atoms with E-state index >= 15 is 0 Å². The molecule has 94 valence electrons. The molecule has 1 atom stereocenters. The number of carbonyl (C=O) groups is 1. The van der Waals surface area contributed by atoms with E-state index in [0.29, 0.717) is 6.42 Å². The second-order valence-electron chi connectivity index (χ2n) is 4.37. The van der Waals surface area contributed by atoms with E-state index in [0.717, 1.165) is 30.5 Å². The first-order valence-electron chi connectivity index (χ1n) is 6.23. The number of nitrogens with one attached hydrogen (secondary N) is 1.